The monoisotopic (exact) mass is 485 g/mol. The fraction of sp³-hybridized carbons (Fsp3) is 0.292. The molecule has 3 amide bonds. The molecule has 2 aromatic carbocycles. The lowest BCUT2D eigenvalue weighted by atomic mass is 9.95. The number of ether oxygens (including phenoxy) is 3. The minimum Gasteiger partial charge on any atom is -0.495 e. The Balaban J connectivity index is 1.62. The van der Waals surface area contributed by atoms with Gasteiger partial charge in [-0.3, -0.25) is 9.69 Å². The second kappa shape index (κ2) is 9.64. The van der Waals surface area contributed by atoms with Crippen LogP contribution in [0.25, 0.3) is 0 Å². The molecule has 2 N–H and O–H groups in total. The van der Waals surface area contributed by atoms with Crippen LogP contribution in [0.1, 0.15) is 24.1 Å². The van der Waals surface area contributed by atoms with Gasteiger partial charge in [-0.05, 0) is 31.5 Å². The summed E-state index contributed by atoms with van der Waals surface area (Å²) in [5.41, 5.74) is 2.43. The molecule has 0 radical (unpaired) electrons. The van der Waals surface area contributed by atoms with Gasteiger partial charge in [-0.25, -0.2) is 9.59 Å². The Labute approximate surface area is 201 Å². The summed E-state index contributed by atoms with van der Waals surface area (Å²) in [5, 5.41) is 6.06. The van der Waals surface area contributed by atoms with E-state index in [4.69, 9.17) is 25.8 Å². The second-order valence-electron chi connectivity index (χ2n) is 7.73. The summed E-state index contributed by atoms with van der Waals surface area (Å²) in [6.45, 7) is 3.64. The van der Waals surface area contributed by atoms with Crippen LogP contribution in [0.15, 0.2) is 47.7 Å². The van der Waals surface area contributed by atoms with E-state index >= 15 is 0 Å². The minimum absolute atomic E-state index is 0.106. The maximum Gasteiger partial charge on any atom is 0.338 e. The van der Waals surface area contributed by atoms with Crippen molar-refractivity contribution in [3.05, 3.63) is 63.8 Å². The molecule has 0 aromatic heterocycles. The Bertz CT molecular complexity index is 1200. The number of carbonyl (C=O) groups is 3. The van der Waals surface area contributed by atoms with Crippen LogP contribution in [-0.4, -0.2) is 49.7 Å². The first-order valence-electron chi connectivity index (χ1n) is 10.7. The summed E-state index contributed by atoms with van der Waals surface area (Å²) >= 11 is 6.13. The Kier molecular flexibility index (Phi) is 6.65. The van der Waals surface area contributed by atoms with E-state index in [9.17, 15) is 14.4 Å². The molecule has 2 aliphatic rings. The average molecular weight is 486 g/mol. The van der Waals surface area contributed by atoms with Gasteiger partial charge in [-0.15, -0.1) is 0 Å². The zero-order valence-electron chi connectivity index (χ0n) is 18.9. The topological polar surface area (TPSA) is 106 Å². The lowest BCUT2D eigenvalue weighted by Crippen LogP contribution is -2.49. The number of aryl methyl sites for hydroxylation is 1. The first-order chi connectivity index (χ1) is 16.3. The van der Waals surface area contributed by atoms with Gasteiger partial charge in [-0.2, -0.15) is 0 Å². The van der Waals surface area contributed by atoms with Gasteiger partial charge in [0.25, 0.3) is 0 Å². The highest BCUT2D eigenvalue weighted by molar-refractivity contribution is 6.31. The maximum absolute atomic E-state index is 13.1. The van der Waals surface area contributed by atoms with E-state index in [1.165, 1.54) is 12.0 Å². The largest absolute Gasteiger partial charge is 0.495 e. The second-order valence-corrected chi connectivity index (χ2v) is 8.13. The van der Waals surface area contributed by atoms with Crippen LogP contribution in [0.2, 0.25) is 5.02 Å². The van der Waals surface area contributed by atoms with Gasteiger partial charge in [0.1, 0.15) is 24.7 Å². The van der Waals surface area contributed by atoms with Crippen molar-refractivity contribution >= 4 is 35.2 Å². The molecule has 0 saturated carbocycles. The number of esters is 1. The highest BCUT2D eigenvalue weighted by Crippen LogP contribution is 2.38. The SMILES string of the molecule is CCOc1ccccc1C1NC(=O)N(CC(=O)Nc2cc(C)c(Cl)cc2OC)C2=C1C(=O)OC2. The van der Waals surface area contributed by atoms with E-state index < -0.39 is 23.9 Å². The molecule has 9 nitrogen and oxygen atoms in total. The number of nitrogens with zero attached hydrogens (tertiary/aromatic N) is 1. The standard InChI is InChI=1S/C24H24ClN3O6/c1-4-33-18-8-6-5-7-14(18)22-21-17(12-34-23(21)30)28(24(31)27-22)11-20(29)26-16-9-13(2)15(25)10-19(16)32-3/h5-10,22H,4,11-12H2,1-3H3,(H,26,29)(H,27,31). The fourth-order valence-electron chi connectivity index (χ4n) is 3.98. The van der Waals surface area contributed by atoms with Gasteiger partial charge in [0.15, 0.2) is 0 Å². The number of amides is 3. The summed E-state index contributed by atoms with van der Waals surface area (Å²) < 4.78 is 16.2. The summed E-state index contributed by atoms with van der Waals surface area (Å²) in [4.78, 5) is 39.7. The summed E-state index contributed by atoms with van der Waals surface area (Å²) in [6.07, 6.45) is 0. The predicted octanol–water partition coefficient (Wildman–Crippen LogP) is 3.57. The molecule has 2 aliphatic heterocycles. The first kappa shape index (κ1) is 23.4. The summed E-state index contributed by atoms with van der Waals surface area (Å²) in [6, 6.07) is 9.17. The number of carbonyl (C=O) groups excluding carboxylic acids is 3. The molecule has 1 unspecified atom stereocenters. The van der Waals surface area contributed by atoms with Gasteiger partial charge in [0.2, 0.25) is 5.91 Å². The average Bonchev–Trinajstić information content (AvgIpc) is 3.20. The molecule has 34 heavy (non-hydrogen) atoms. The first-order valence-corrected chi connectivity index (χ1v) is 11.1. The third-order valence-electron chi connectivity index (χ3n) is 5.58. The number of cyclic esters (lactones) is 1. The number of hydrogen-bond acceptors (Lipinski definition) is 6. The maximum atomic E-state index is 13.1. The Morgan fingerprint density at radius 3 is 2.76 bits per heavy atom. The number of urea groups is 1. The number of methoxy groups -OCH3 is 1. The molecule has 178 valence electrons. The van der Waals surface area contributed by atoms with Crippen LogP contribution < -0.4 is 20.1 Å². The Morgan fingerprint density at radius 1 is 1.26 bits per heavy atom. The number of para-hydroxylation sites is 1. The lowest BCUT2D eigenvalue weighted by molar-refractivity contribution is -0.136. The van der Waals surface area contributed by atoms with Crippen LogP contribution in [0.5, 0.6) is 11.5 Å². The lowest BCUT2D eigenvalue weighted by Gasteiger charge is -2.33. The number of halogens is 1. The third-order valence-corrected chi connectivity index (χ3v) is 5.99. The summed E-state index contributed by atoms with van der Waals surface area (Å²) in [5.74, 6) is -0.0848. The van der Waals surface area contributed by atoms with Crippen LogP contribution in [0.3, 0.4) is 0 Å². The van der Waals surface area contributed by atoms with Crippen LogP contribution in [0.4, 0.5) is 10.5 Å². The molecule has 0 aliphatic carbocycles. The van der Waals surface area contributed by atoms with E-state index in [1.54, 1.807) is 37.3 Å². The van der Waals surface area contributed by atoms with Gasteiger partial charge < -0.3 is 24.8 Å². The normalized spacial score (nSPS) is 17.2. The van der Waals surface area contributed by atoms with Gasteiger partial charge >= 0.3 is 12.0 Å². The van der Waals surface area contributed by atoms with E-state index in [2.05, 4.69) is 10.6 Å². The molecule has 0 fully saturated rings. The van der Waals surface area contributed by atoms with Gasteiger partial charge in [-0.1, -0.05) is 29.8 Å². The fourth-order valence-corrected chi connectivity index (χ4v) is 4.13. The van der Waals surface area contributed by atoms with Crippen molar-refractivity contribution in [1.29, 1.82) is 0 Å². The number of hydrogen-bond donors (Lipinski definition) is 2. The molecule has 0 saturated heterocycles. The van der Waals surface area contributed by atoms with E-state index in [0.717, 1.165) is 5.56 Å². The van der Waals surface area contributed by atoms with Crippen molar-refractivity contribution in [2.24, 2.45) is 0 Å². The molecule has 2 heterocycles. The molecule has 1 atom stereocenters. The third kappa shape index (κ3) is 4.38. The van der Waals surface area contributed by atoms with E-state index in [-0.39, 0.29) is 18.7 Å². The molecule has 0 bridgehead atoms. The summed E-state index contributed by atoms with van der Waals surface area (Å²) in [7, 11) is 1.47. The Morgan fingerprint density at radius 2 is 2.03 bits per heavy atom. The van der Waals surface area contributed by atoms with Gasteiger partial charge in [0.05, 0.1) is 36.7 Å². The number of nitrogens with one attached hydrogen (secondary N) is 2. The van der Waals surface area contributed by atoms with Crippen LogP contribution in [0, 0.1) is 6.92 Å². The van der Waals surface area contributed by atoms with Crippen molar-refractivity contribution in [2.45, 2.75) is 19.9 Å². The minimum atomic E-state index is -0.751. The molecule has 10 heteroatoms. The van der Waals surface area contributed by atoms with Crippen molar-refractivity contribution in [3.8, 4) is 11.5 Å². The van der Waals surface area contributed by atoms with Gasteiger partial charge in [0, 0.05) is 16.7 Å². The van der Waals surface area contributed by atoms with Crippen LogP contribution >= 0.6 is 11.6 Å². The smallest absolute Gasteiger partial charge is 0.338 e. The zero-order chi connectivity index (χ0) is 24.4. The molecule has 2 aromatic rings. The van der Waals surface area contributed by atoms with Crippen molar-refractivity contribution < 1.29 is 28.6 Å². The molecular formula is C24H24ClN3O6. The highest BCUT2D eigenvalue weighted by atomic mass is 35.5. The van der Waals surface area contributed by atoms with E-state index in [1.807, 2.05) is 13.0 Å². The van der Waals surface area contributed by atoms with Crippen molar-refractivity contribution in [1.82, 2.24) is 10.2 Å². The number of anilines is 1. The quantitative estimate of drug-likeness (QED) is 0.581. The molecule has 0 spiro atoms. The zero-order valence-corrected chi connectivity index (χ0v) is 19.7. The predicted molar refractivity (Wildman–Crippen MR) is 125 cm³/mol. The number of benzene rings is 2. The van der Waals surface area contributed by atoms with Crippen molar-refractivity contribution in [2.75, 3.05) is 32.2 Å². The van der Waals surface area contributed by atoms with Crippen LogP contribution in [-0.2, 0) is 14.3 Å². The highest BCUT2D eigenvalue weighted by Gasteiger charge is 2.43. The molecular weight excluding hydrogens is 462 g/mol. The number of rotatable bonds is 7. The molecule has 4 rings (SSSR count). The van der Waals surface area contributed by atoms with Crippen molar-refractivity contribution in [3.63, 3.8) is 0 Å². The Hall–Kier alpha value is -3.72. The van der Waals surface area contributed by atoms with E-state index in [0.29, 0.717) is 40.1 Å².